The van der Waals surface area contributed by atoms with Crippen LogP contribution in [0.3, 0.4) is 0 Å². The summed E-state index contributed by atoms with van der Waals surface area (Å²) in [6.45, 7) is 6.67. The van der Waals surface area contributed by atoms with Crippen LogP contribution in [0.4, 0.5) is 0 Å². The number of hydrogen-bond donors (Lipinski definition) is 1. The zero-order chi connectivity index (χ0) is 26.4. The molecule has 0 bridgehead atoms. The van der Waals surface area contributed by atoms with Gasteiger partial charge in [0, 0.05) is 16.5 Å². The molecule has 4 heterocycles. The summed E-state index contributed by atoms with van der Waals surface area (Å²) in [6, 6.07) is 6.89. The van der Waals surface area contributed by atoms with Gasteiger partial charge in [0.05, 0.1) is 17.7 Å². The molecule has 5 aromatic rings. The van der Waals surface area contributed by atoms with Gasteiger partial charge in [0.25, 0.3) is 11.1 Å². The molecule has 4 aromatic heterocycles. The van der Waals surface area contributed by atoms with Crippen LogP contribution in [-0.2, 0) is 25.9 Å². The molecule has 1 aliphatic rings. The molecule has 6 rings (SSSR count). The van der Waals surface area contributed by atoms with Crippen LogP contribution in [-0.4, -0.2) is 31.2 Å². The van der Waals surface area contributed by atoms with Gasteiger partial charge >= 0.3 is 0 Å². The fraction of sp³-hybridized carbons (Fsp3) is 0.370. The van der Waals surface area contributed by atoms with E-state index in [9.17, 15) is 9.59 Å². The second kappa shape index (κ2) is 9.95. The molecule has 0 radical (unpaired) electrons. The fourth-order valence-electron chi connectivity index (χ4n) is 4.79. The van der Waals surface area contributed by atoms with E-state index in [1.807, 2.05) is 26.0 Å². The number of ether oxygens (including phenoxy) is 2. The zero-order valence-electron chi connectivity index (χ0n) is 21.4. The van der Waals surface area contributed by atoms with Gasteiger partial charge in [-0.15, -0.1) is 11.3 Å². The second-order valence-electron chi connectivity index (χ2n) is 9.46. The van der Waals surface area contributed by atoms with E-state index in [0.29, 0.717) is 40.5 Å². The van der Waals surface area contributed by atoms with Crippen LogP contribution in [0.15, 0.2) is 33.9 Å². The van der Waals surface area contributed by atoms with Crippen molar-refractivity contribution in [3.05, 3.63) is 66.1 Å². The number of H-pyrrole nitrogens is 1. The Morgan fingerprint density at radius 1 is 1.11 bits per heavy atom. The van der Waals surface area contributed by atoms with E-state index in [0.717, 1.165) is 52.0 Å². The first-order valence-corrected chi connectivity index (χ1v) is 14.4. The number of hydrogen-bond acceptors (Lipinski definition) is 9. The van der Waals surface area contributed by atoms with Gasteiger partial charge in [0.2, 0.25) is 4.96 Å². The lowest BCUT2D eigenvalue weighted by atomic mass is 9.89. The Morgan fingerprint density at radius 2 is 1.97 bits per heavy atom. The number of thiophene rings is 1. The van der Waals surface area contributed by atoms with Crippen LogP contribution in [0.5, 0.6) is 11.5 Å². The molecule has 38 heavy (non-hydrogen) atoms. The van der Waals surface area contributed by atoms with Crippen molar-refractivity contribution >= 4 is 37.9 Å². The molecule has 0 fully saturated rings. The van der Waals surface area contributed by atoms with E-state index >= 15 is 0 Å². The molecule has 0 aliphatic heterocycles. The number of rotatable bonds is 7. The Morgan fingerprint density at radius 3 is 2.79 bits per heavy atom. The smallest absolute Gasteiger partial charge is 0.275 e. The topological polar surface area (TPSA) is 111 Å². The van der Waals surface area contributed by atoms with Gasteiger partial charge in [-0.25, -0.2) is 9.97 Å². The third-order valence-corrected chi connectivity index (χ3v) is 8.90. The lowest BCUT2D eigenvalue weighted by molar-refractivity contribution is 0.266. The van der Waals surface area contributed by atoms with Crippen molar-refractivity contribution in [2.75, 3.05) is 6.61 Å². The molecule has 0 amide bonds. The molecule has 0 spiro atoms. The fourth-order valence-corrected chi connectivity index (χ4v) is 7.03. The van der Waals surface area contributed by atoms with Crippen LogP contribution in [0.1, 0.15) is 48.3 Å². The highest BCUT2D eigenvalue weighted by atomic mass is 32.1. The first-order valence-electron chi connectivity index (χ1n) is 12.8. The minimum Gasteiger partial charge on any atom is -0.490 e. The summed E-state index contributed by atoms with van der Waals surface area (Å²) in [4.78, 5) is 40.5. The first-order chi connectivity index (χ1) is 18.4. The van der Waals surface area contributed by atoms with Gasteiger partial charge in [-0.2, -0.15) is 9.61 Å². The molecule has 0 saturated heterocycles. The van der Waals surface area contributed by atoms with Gasteiger partial charge in [0.15, 0.2) is 11.5 Å². The van der Waals surface area contributed by atoms with Crippen LogP contribution in [0.25, 0.3) is 26.6 Å². The van der Waals surface area contributed by atoms with E-state index < -0.39 is 0 Å². The lowest BCUT2D eigenvalue weighted by Gasteiger charge is -2.17. The maximum atomic E-state index is 13.1. The second-order valence-corrected chi connectivity index (χ2v) is 11.6. The highest BCUT2D eigenvalue weighted by Crippen LogP contribution is 2.37. The largest absolute Gasteiger partial charge is 0.490 e. The Hall–Kier alpha value is -3.57. The molecule has 1 aromatic carbocycles. The predicted octanol–water partition coefficient (Wildman–Crippen LogP) is 4.78. The summed E-state index contributed by atoms with van der Waals surface area (Å²) < 4.78 is 13.2. The maximum Gasteiger partial charge on any atom is 0.275 e. The summed E-state index contributed by atoms with van der Waals surface area (Å²) >= 11 is 3.02. The molecule has 0 saturated carbocycles. The van der Waals surface area contributed by atoms with Crippen molar-refractivity contribution in [3.8, 4) is 22.9 Å². The van der Waals surface area contributed by atoms with Crippen molar-refractivity contribution in [3.63, 3.8) is 0 Å². The standard InChI is InChI=1S/C27H27N5O4S2/c1-4-21-31-32-22(33)12-16(28-27(32)38-21)13-36-18-9-7-15(11-19(18)35-5-2)24-29-25(34)23-17-8-6-14(3)10-20(17)37-26(23)30-24/h7,9,11-12,14H,4-6,8,10,13H2,1-3H3,(H,29,30,34)/t14-/m0/s1. The normalized spacial score (nSPS) is 15.2. The average Bonchev–Trinajstić information content (AvgIpc) is 3.49. The first kappa shape index (κ1) is 24.7. The average molecular weight is 550 g/mol. The summed E-state index contributed by atoms with van der Waals surface area (Å²) in [7, 11) is 0. The van der Waals surface area contributed by atoms with Gasteiger partial charge in [-0.1, -0.05) is 25.2 Å². The van der Waals surface area contributed by atoms with Crippen LogP contribution in [0.2, 0.25) is 0 Å². The highest BCUT2D eigenvalue weighted by Gasteiger charge is 2.23. The summed E-state index contributed by atoms with van der Waals surface area (Å²) in [5.41, 5.74) is 2.07. The summed E-state index contributed by atoms with van der Waals surface area (Å²) in [6.07, 6.45) is 3.77. The third-order valence-electron chi connectivity index (χ3n) is 6.70. The van der Waals surface area contributed by atoms with Crippen molar-refractivity contribution in [2.24, 2.45) is 5.92 Å². The Balaban J connectivity index is 1.30. The Kier molecular flexibility index (Phi) is 6.48. The molecule has 1 aliphatic carbocycles. The molecule has 0 unspecified atom stereocenters. The van der Waals surface area contributed by atoms with E-state index in [-0.39, 0.29) is 17.7 Å². The summed E-state index contributed by atoms with van der Waals surface area (Å²) in [5.74, 6) is 2.16. The van der Waals surface area contributed by atoms with Gasteiger partial charge in [-0.05, 0) is 62.3 Å². The van der Waals surface area contributed by atoms with Gasteiger partial charge < -0.3 is 14.5 Å². The number of aryl methyl sites for hydroxylation is 2. The molecular weight excluding hydrogens is 522 g/mol. The van der Waals surface area contributed by atoms with Crippen LogP contribution >= 0.6 is 22.7 Å². The third kappa shape index (κ3) is 4.49. The monoisotopic (exact) mass is 549 g/mol. The number of benzene rings is 1. The molecule has 1 atom stereocenters. The Labute approximate surface area is 226 Å². The number of nitrogens with one attached hydrogen (secondary N) is 1. The number of nitrogens with zero attached hydrogens (tertiary/aromatic N) is 4. The molecule has 11 heteroatoms. The number of aromatic amines is 1. The molecule has 1 N–H and O–H groups in total. The predicted molar refractivity (Wildman–Crippen MR) is 149 cm³/mol. The van der Waals surface area contributed by atoms with E-state index in [2.05, 4.69) is 22.0 Å². The minimum atomic E-state index is -0.236. The van der Waals surface area contributed by atoms with Crippen molar-refractivity contribution < 1.29 is 9.47 Å². The van der Waals surface area contributed by atoms with Crippen molar-refractivity contribution in [1.29, 1.82) is 0 Å². The highest BCUT2D eigenvalue weighted by molar-refractivity contribution is 7.18. The van der Waals surface area contributed by atoms with E-state index in [4.69, 9.17) is 14.5 Å². The van der Waals surface area contributed by atoms with E-state index in [1.165, 1.54) is 26.8 Å². The summed E-state index contributed by atoms with van der Waals surface area (Å²) in [5, 5.41) is 5.87. The SMILES string of the molecule is CCOc1cc(-c2nc3sc4c(c3c(=O)[nH]2)CC[C@H](C)C4)ccc1OCc1cc(=O)n2nc(CC)sc2n1. The molecule has 9 nitrogen and oxygen atoms in total. The molecule has 196 valence electrons. The number of fused-ring (bicyclic) bond motifs is 4. The quantitative estimate of drug-likeness (QED) is 0.311. The van der Waals surface area contributed by atoms with Crippen molar-refractivity contribution in [1.82, 2.24) is 24.6 Å². The van der Waals surface area contributed by atoms with Crippen LogP contribution in [0, 0.1) is 5.92 Å². The maximum absolute atomic E-state index is 13.1. The number of aromatic nitrogens is 5. The van der Waals surface area contributed by atoms with Crippen molar-refractivity contribution in [2.45, 2.75) is 53.1 Å². The Bertz CT molecular complexity index is 1780. The van der Waals surface area contributed by atoms with Crippen LogP contribution < -0.4 is 20.6 Å². The zero-order valence-corrected chi connectivity index (χ0v) is 23.0. The van der Waals surface area contributed by atoms with Gasteiger partial charge in [0.1, 0.15) is 22.3 Å². The lowest BCUT2D eigenvalue weighted by Crippen LogP contribution is -2.16. The minimum absolute atomic E-state index is 0.0996. The van der Waals surface area contributed by atoms with Gasteiger partial charge in [-0.3, -0.25) is 9.59 Å². The molecular formula is C27H27N5O4S2. The van der Waals surface area contributed by atoms with E-state index in [1.54, 1.807) is 17.4 Å².